The van der Waals surface area contributed by atoms with Crippen molar-refractivity contribution in [3.05, 3.63) is 12.2 Å². The van der Waals surface area contributed by atoms with Crippen LogP contribution in [-0.4, -0.2) is 0 Å². The third kappa shape index (κ3) is 1.57. The largest absolute Gasteiger partial charge is 0.0999 e. The van der Waals surface area contributed by atoms with Crippen molar-refractivity contribution in [1.82, 2.24) is 0 Å². The van der Waals surface area contributed by atoms with E-state index in [9.17, 15) is 0 Å². The molecule has 52 valence electrons. The molecular weight excluding hydrogens is 108 g/mol. The van der Waals surface area contributed by atoms with Gasteiger partial charge >= 0.3 is 0 Å². The Morgan fingerprint density at radius 2 is 2.00 bits per heavy atom. The van der Waals surface area contributed by atoms with Crippen LogP contribution in [0.5, 0.6) is 0 Å². The van der Waals surface area contributed by atoms with E-state index in [0.717, 1.165) is 11.8 Å². The van der Waals surface area contributed by atoms with Gasteiger partial charge in [0.25, 0.3) is 0 Å². The van der Waals surface area contributed by atoms with Gasteiger partial charge in [-0.25, -0.2) is 0 Å². The molecule has 1 aliphatic carbocycles. The van der Waals surface area contributed by atoms with Crippen LogP contribution in [0, 0.1) is 11.8 Å². The summed E-state index contributed by atoms with van der Waals surface area (Å²) in [6.07, 6.45) is 3.90. The SMILES string of the molecule is C=C1CC[C@@H](C)[C@H](C)C1. The Balaban J connectivity index is 2.44. The standard InChI is InChI=1S/C9H16/c1-7-4-5-8(2)9(3)6-7/h8-9H,1,4-6H2,2-3H3/t8-,9-/m1/s1. The maximum atomic E-state index is 4.00. The molecule has 0 aromatic carbocycles. The smallest absolute Gasteiger partial charge is 0.0295 e. The Bertz CT molecular complexity index is 113. The van der Waals surface area contributed by atoms with Crippen LogP contribution in [0.25, 0.3) is 0 Å². The Morgan fingerprint density at radius 1 is 1.33 bits per heavy atom. The van der Waals surface area contributed by atoms with Gasteiger partial charge in [-0.15, -0.1) is 0 Å². The quantitative estimate of drug-likeness (QED) is 0.435. The van der Waals surface area contributed by atoms with Crippen LogP contribution in [0.3, 0.4) is 0 Å². The minimum Gasteiger partial charge on any atom is -0.0999 e. The summed E-state index contributed by atoms with van der Waals surface area (Å²) in [5, 5.41) is 0. The third-order valence-electron chi connectivity index (χ3n) is 2.54. The second-order valence-electron chi connectivity index (χ2n) is 3.45. The molecule has 0 nitrogen and oxygen atoms in total. The van der Waals surface area contributed by atoms with Gasteiger partial charge in [-0.2, -0.15) is 0 Å². The highest BCUT2D eigenvalue weighted by molar-refractivity contribution is 4.99. The number of allylic oxidation sites excluding steroid dienone is 1. The average molecular weight is 124 g/mol. The van der Waals surface area contributed by atoms with Crippen molar-refractivity contribution in [2.45, 2.75) is 33.1 Å². The van der Waals surface area contributed by atoms with E-state index in [2.05, 4.69) is 20.4 Å². The van der Waals surface area contributed by atoms with Crippen molar-refractivity contribution >= 4 is 0 Å². The second kappa shape index (κ2) is 2.55. The molecule has 0 unspecified atom stereocenters. The van der Waals surface area contributed by atoms with Gasteiger partial charge in [0.15, 0.2) is 0 Å². The van der Waals surface area contributed by atoms with E-state index in [4.69, 9.17) is 0 Å². The lowest BCUT2D eigenvalue weighted by atomic mass is 9.80. The molecule has 0 radical (unpaired) electrons. The van der Waals surface area contributed by atoms with Gasteiger partial charge in [0.2, 0.25) is 0 Å². The molecule has 0 saturated heterocycles. The van der Waals surface area contributed by atoms with E-state index in [1.165, 1.54) is 24.8 Å². The summed E-state index contributed by atoms with van der Waals surface area (Å²) in [7, 11) is 0. The summed E-state index contributed by atoms with van der Waals surface area (Å²) in [6, 6.07) is 0. The monoisotopic (exact) mass is 124 g/mol. The molecule has 2 atom stereocenters. The summed E-state index contributed by atoms with van der Waals surface area (Å²) in [6.45, 7) is 8.67. The number of rotatable bonds is 0. The van der Waals surface area contributed by atoms with E-state index in [0.29, 0.717) is 0 Å². The number of hydrogen-bond acceptors (Lipinski definition) is 0. The van der Waals surface area contributed by atoms with Gasteiger partial charge < -0.3 is 0 Å². The van der Waals surface area contributed by atoms with Crippen LogP contribution < -0.4 is 0 Å². The third-order valence-corrected chi connectivity index (χ3v) is 2.54. The lowest BCUT2D eigenvalue weighted by Crippen LogP contribution is -2.14. The summed E-state index contributed by atoms with van der Waals surface area (Å²) < 4.78 is 0. The molecule has 0 aromatic heterocycles. The van der Waals surface area contributed by atoms with Crippen LogP contribution in [0.15, 0.2) is 12.2 Å². The molecule has 0 bridgehead atoms. The molecule has 1 saturated carbocycles. The zero-order valence-electron chi connectivity index (χ0n) is 6.48. The Labute approximate surface area is 58.0 Å². The van der Waals surface area contributed by atoms with Crippen molar-refractivity contribution in [2.75, 3.05) is 0 Å². The van der Waals surface area contributed by atoms with Crippen molar-refractivity contribution in [1.29, 1.82) is 0 Å². The second-order valence-corrected chi connectivity index (χ2v) is 3.45. The number of hydrogen-bond donors (Lipinski definition) is 0. The molecule has 1 fully saturated rings. The molecule has 0 heterocycles. The fourth-order valence-corrected chi connectivity index (χ4v) is 1.47. The molecular formula is C9H16. The summed E-state index contributed by atoms with van der Waals surface area (Å²) in [4.78, 5) is 0. The van der Waals surface area contributed by atoms with Gasteiger partial charge in [0.1, 0.15) is 0 Å². The van der Waals surface area contributed by atoms with E-state index in [-0.39, 0.29) is 0 Å². The molecule has 0 spiro atoms. The van der Waals surface area contributed by atoms with Crippen molar-refractivity contribution in [2.24, 2.45) is 11.8 Å². The zero-order chi connectivity index (χ0) is 6.85. The maximum Gasteiger partial charge on any atom is -0.0295 e. The maximum absolute atomic E-state index is 4.00. The molecule has 0 amide bonds. The van der Waals surface area contributed by atoms with Crippen LogP contribution in [0.4, 0.5) is 0 Å². The Morgan fingerprint density at radius 3 is 2.44 bits per heavy atom. The van der Waals surface area contributed by atoms with Gasteiger partial charge in [0, 0.05) is 0 Å². The molecule has 9 heavy (non-hydrogen) atoms. The van der Waals surface area contributed by atoms with Gasteiger partial charge in [-0.1, -0.05) is 26.0 Å². The average Bonchev–Trinajstić information content (AvgIpc) is 1.80. The fourth-order valence-electron chi connectivity index (χ4n) is 1.47. The van der Waals surface area contributed by atoms with Crippen molar-refractivity contribution < 1.29 is 0 Å². The van der Waals surface area contributed by atoms with Crippen LogP contribution in [0.1, 0.15) is 33.1 Å². The summed E-state index contributed by atoms with van der Waals surface area (Å²) in [5.41, 5.74) is 1.46. The predicted octanol–water partition coefficient (Wildman–Crippen LogP) is 3.00. The van der Waals surface area contributed by atoms with Gasteiger partial charge in [-0.05, 0) is 31.1 Å². The summed E-state index contributed by atoms with van der Waals surface area (Å²) in [5.74, 6) is 1.81. The van der Waals surface area contributed by atoms with E-state index in [1.54, 1.807) is 0 Å². The minimum absolute atomic E-state index is 0.881. The lowest BCUT2D eigenvalue weighted by Gasteiger charge is -2.26. The molecule has 0 N–H and O–H groups in total. The molecule has 1 rings (SSSR count). The van der Waals surface area contributed by atoms with Crippen molar-refractivity contribution in [3.8, 4) is 0 Å². The normalized spacial score (nSPS) is 36.9. The van der Waals surface area contributed by atoms with E-state index < -0.39 is 0 Å². The fraction of sp³-hybridized carbons (Fsp3) is 0.778. The predicted molar refractivity (Wildman–Crippen MR) is 41.3 cm³/mol. The topological polar surface area (TPSA) is 0 Å². The first-order valence-electron chi connectivity index (χ1n) is 3.87. The Hall–Kier alpha value is -0.260. The highest BCUT2D eigenvalue weighted by atomic mass is 14.2. The zero-order valence-corrected chi connectivity index (χ0v) is 6.48. The summed E-state index contributed by atoms with van der Waals surface area (Å²) >= 11 is 0. The van der Waals surface area contributed by atoms with Crippen molar-refractivity contribution in [3.63, 3.8) is 0 Å². The molecule has 0 heteroatoms. The van der Waals surface area contributed by atoms with E-state index in [1.807, 2.05) is 0 Å². The lowest BCUT2D eigenvalue weighted by molar-refractivity contribution is 0.324. The first kappa shape index (κ1) is 6.85. The first-order chi connectivity index (χ1) is 4.20. The highest BCUT2D eigenvalue weighted by Gasteiger charge is 2.18. The van der Waals surface area contributed by atoms with Crippen LogP contribution in [-0.2, 0) is 0 Å². The molecule has 1 aliphatic rings. The Kier molecular flexibility index (Phi) is 1.94. The van der Waals surface area contributed by atoms with Gasteiger partial charge in [0.05, 0.1) is 0 Å². The van der Waals surface area contributed by atoms with E-state index >= 15 is 0 Å². The van der Waals surface area contributed by atoms with Crippen LogP contribution >= 0.6 is 0 Å². The molecule has 0 aliphatic heterocycles. The molecule has 0 aromatic rings. The highest BCUT2D eigenvalue weighted by Crippen LogP contribution is 2.31. The first-order valence-corrected chi connectivity index (χ1v) is 3.87. The van der Waals surface area contributed by atoms with Gasteiger partial charge in [-0.3, -0.25) is 0 Å². The minimum atomic E-state index is 0.881. The van der Waals surface area contributed by atoms with Crippen LogP contribution in [0.2, 0.25) is 0 Å².